The van der Waals surface area contributed by atoms with Crippen LogP contribution in [0.4, 0.5) is 13.2 Å². The fourth-order valence-corrected chi connectivity index (χ4v) is 1.03. The number of rotatable bonds is 3. The molecule has 0 spiro atoms. The van der Waals surface area contributed by atoms with Crippen LogP contribution >= 0.6 is 0 Å². The molecule has 5 heteroatoms. The average molecular weight is 232 g/mol. The van der Waals surface area contributed by atoms with Gasteiger partial charge in [0.15, 0.2) is 6.10 Å². The Morgan fingerprint density at radius 1 is 1.25 bits per heavy atom. The molecule has 0 aliphatic rings. The highest BCUT2D eigenvalue weighted by Crippen LogP contribution is 2.21. The number of halogens is 3. The van der Waals surface area contributed by atoms with E-state index in [1.165, 1.54) is 13.2 Å². The number of methoxy groups -OCH3 is 1. The molecule has 1 rings (SSSR count). The van der Waals surface area contributed by atoms with Crippen LogP contribution in [0.3, 0.4) is 0 Å². The van der Waals surface area contributed by atoms with Crippen LogP contribution in [0.1, 0.15) is 5.56 Å². The Labute approximate surface area is 91.0 Å². The second-order valence-corrected chi connectivity index (χ2v) is 3.12. The summed E-state index contributed by atoms with van der Waals surface area (Å²) in [5.74, 6) is 0.619. The summed E-state index contributed by atoms with van der Waals surface area (Å²) in [6.07, 6.45) is -5.16. The van der Waals surface area contributed by atoms with E-state index >= 15 is 0 Å². The van der Waals surface area contributed by atoms with Crippen LogP contribution in [-0.4, -0.2) is 24.5 Å². The highest BCUT2D eigenvalue weighted by molar-refractivity contribution is 5.51. The van der Waals surface area contributed by atoms with Gasteiger partial charge in [-0.1, -0.05) is 18.2 Å². The van der Waals surface area contributed by atoms with Crippen LogP contribution in [0, 0.1) is 0 Å². The molecule has 0 saturated carbocycles. The van der Waals surface area contributed by atoms with Gasteiger partial charge in [0.1, 0.15) is 5.75 Å². The lowest BCUT2D eigenvalue weighted by Crippen LogP contribution is -2.25. The van der Waals surface area contributed by atoms with Crippen LogP contribution in [0.5, 0.6) is 5.75 Å². The van der Waals surface area contributed by atoms with E-state index in [9.17, 15) is 13.2 Å². The number of benzene rings is 1. The molecule has 1 unspecified atom stereocenters. The molecule has 0 heterocycles. The Morgan fingerprint density at radius 2 is 1.81 bits per heavy atom. The van der Waals surface area contributed by atoms with E-state index in [2.05, 4.69) is 0 Å². The molecule has 0 radical (unpaired) electrons. The van der Waals surface area contributed by atoms with E-state index in [4.69, 9.17) is 9.84 Å². The third-order valence-electron chi connectivity index (χ3n) is 1.92. The maximum Gasteiger partial charge on any atom is 0.417 e. The number of aliphatic hydroxyl groups excluding tert-OH is 1. The monoisotopic (exact) mass is 232 g/mol. The van der Waals surface area contributed by atoms with E-state index in [1.54, 1.807) is 24.3 Å². The molecule has 0 amide bonds. The van der Waals surface area contributed by atoms with Crippen molar-refractivity contribution in [3.05, 3.63) is 35.9 Å². The van der Waals surface area contributed by atoms with Crippen molar-refractivity contribution in [2.45, 2.75) is 12.3 Å². The molecule has 0 aliphatic carbocycles. The van der Waals surface area contributed by atoms with E-state index in [0.717, 1.165) is 0 Å². The molecule has 0 aliphatic heterocycles. The maximum atomic E-state index is 11.9. The van der Waals surface area contributed by atoms with Gasteiger partial charge in [-0.15, -0.1) is 0 Å². The molecule has 0 aromatic heterocycles. The van der Waals surface area contributed by atoms with Gasteiger partial charge in [0.05, 0.1) is 7.11 Å². The lowest BCUT2D eigenvalue weighted by Gasteiger charge is -2.09. The first-order valence-electron chi connectivity index (χ1n) is 4.50. The summed E-state index contributed by atoms with van der Waals surface area (Å²) < 4.78 is 40.7. The van der Waals surface area contributed by atoms with Crippen LogP contribution in [0.2, 0.25) is 0 Å². The predicted molar refractivity (Wildman–Crippen MR) is 54.1 cm³/mol. The highest BCUT2D eigenvalue weighted by atomic mass is 19.4. The minimum Gasteiger partial charge on any atom is -0.497 e. The molecule has 88 valence electrons. The zero-order chi connectivity index (χ0) is 12.2. The molecule has 1 atom stereocenters. The van der Waals surface area contributed by atoms with Crippen molar-refractivity contribution in [3.63, 3.8) is 0 Å². The third-order valence-corrected chi connectivity index (χ3v) is 1.92. The molecule has 1 aromatic rings. The van der Waals surface area contributed by atoms with Crippen LogP contribution in [0.25, 0.3) is 6.08 Å². The molecule has 2 nitrogen and oxygen atoms in total. The Bertz CT molecular complexity index is 354. The van der Waals surface area contributed by atoms with Gasteiger partial charge in [-0.05, 0) is 23.8 Å². The standard InChI is InChI=1S/C11H11F3O2/c1-16-9-5-2-8(3-6-9)4-7-10(15)11(12,13)14/h2-7,10,15H,1H3/b7-4+. The van der Waals surface area contributed by atoms with Crippen molar-refractivity contribution in [1.29, 1.82) is 0 Å². The van der Waals surface area contributed by atoms with Crippen LogP contribution in [0.15, 0.2) is 30.3 Å². The first kappa shape index (κ1) is 12.6. The second-order valence-electron chi connectivity index (χ2n) is 3.12. The molecular weight excluding hydrogens is 221 g/mol. The van der Waals surface area contributed by atoms with Crippen LogP contribution < -0.4 is 4.74 Å². The van der Waals surface area contributed by atoms with E-state index in [1.807, 2.05) is 0 Å². The van der Waals surface area contributed by atoms with Gasteiger partial charge < -0.3 is 9.84 Å². The first-order valence-corrected chi connectivity index (χ1v) is 4.50. The number of hydrogen-bond acceptors (Lipinski definition) is 2. The van der Waals surface area contributed by atoms with E-state index in [-0.39, 0.29) is 0 Å². The summed E-state index contributed by atoms with van der Waals surface area (Å²) in [6.45, 7) is 0. The molecular formula is C11H11F3O2. The molecule has 0 saturated heterocycles. The zero-order valence-corrected chi connectivity index (χ0v) is 8.53. The number of ether oxygens (including phenoxy) is 1. The summed E-state index contributed by atoms with van der Waals surface area (Å²) in [5.41, 5.74) is 0.559. The van der Waals surface area contributed by atoms with Gasteiger partial charge in [0, 0.05) is 0 Å². The maximum absolute atomic E-state index is 11.9. The van der Waals surface area contributed by atoms with Gasteiger partial charge >= 0.3 is 6.18 Å². The third kappa shape index (κ3) is 3.58. The fourth-order valence-electron chi connectivity index (χ4n) is 1.03. The summed E-state index contributed by atoms with van der Waals surface area (Å²) in [5, 5.41) is 8.71. The average Bonchev–Trinajstić information content (AvgIpc) is 2.25. The zero-order valence-electron chi connectivity index (χ0n) is 8.53. The van der Waals surface area contributed by atoms with Gasteiger partial charge in [0.2, 0.25) is 0 Å². The first-order chi connectivity index (χ1) is 7.43. The quantitative estimate of drug-likeness (QED) is 0.868. The van der Waals surface area contributed by atoms with Crippen molar-refractivity contribution >= 4 is 6.08 Å². The number of aliphatic hydroxyl groups is 1. The Balaban J connectivity index is 2.69. The van der Waals surface area contributed by atoms with Gasteiger partial charge in [0.25, 0.3) is 0 Å². The largest absolute Gasteiger partial charge is 0.497 e. The minimum absolute atomic E-state index is 0.559. The molecule has 0 bridgehead atoms. The van der Waals surface area contributed by atoms with E-state index < -0.39 is 12.3 Å². The summed E-state index contributed by atoms with van der Waals surface area (Å²) >= 11 is 0. The molecule has 1 N–H and O–H groups in total. The topological polar surface area (TPSA) is 29.5 Å². The van der Waals surface area contributed by atoms with Gasteiger partial charge in [-0.3, -0.25) is 0 Å². The smallest absolute Gasteiger partial charge is 0.417 e. The fraction of sp³-hybridized carbons (Fsp3) is 0.273. The lowest BCUT2D eigenvalue weighted by atomic mass is 10.2. The summed E-state index contributed by atoms with van der Waals surface area (Å²) in [4.78, 5) is 0. The molecule has 16 heavy (non-hydrogen) atoms. The van der Waals surface area contributed by atoms with Crippen molar-refractivity contribution in [2.75, 3.05) is 7.11 Å². The normalized spacial score (nSPS) is 14.1. The Morgan fingerprint density at radius 3 is 2.25 bits per heavy atom. The minimum atomic E-state index is -4.62. The van der Waals surface area contributed by atoms with Crippen molar-refractivity contribution in [2.24, 2.45) is 0 Å². The second kappa shape index (κ2) is 5.03. The van der Waals surface area contributed by atoms with Crippen molar-refractivity contribution < 1.29 is 23.0 Å². The summed E-state index contributed by atoms with van der Waals surface area (Å²) in [6, 6.07) is 6.44. The number of hydrogen-bond donors (Lipinski definition) is 1. The lowest BCUT2D eigenvalue weighted by molar-refractivity contribution is -0.187. The van der Waals surface area contributed by atoms with Crippen molar-refractivity contribution in [1.82, 2.24) is 0 Å². The molecule has 0 fully saturated rings. The van der Waals surface area contributed by atoms with Gasteiger partial charge in [-0.25, -0.2) is 0 Å². The summed E-state index contributed by atoms with van der Waals surface area (Å²) in [7, 11) is 1.50. The number of alkyl halides is 3. The predicted octanol–water partition coefficient (Wildman–Crippen LogP) is 2.63. The van der Waals surface area contributed by atoms with E-state index in [0.29, 0.717) is 17.4 Å². The SMILES string of the molecule is COc1ccc(/C=C/C(O)C(F)(F)F)cc1. The Kier molecular flexibility index (Phi) is 3.95. The Hall–Kier alpha value is -1.49. The molecule has 1 aromatic carbocycles. The van der Waals surface area contributed by atoms with Gasteiger partial charge in [-0.2, -0.15) is 13.2 Å². The van der Waals surface area contributed by atoms with Crippen LogP contribution in [-0.2, 0) is 0 Å². The van der Waals surface area contributed by atoms with Crippen molar-refractivity contribution in [3.8, 4) is 5.75 Å². The highest BCUT2D eigenvalue weighted by Gasteiger charge is 2.35.